The standard InChI is InChI=1S/C14H9BrF4/c15-12(8-4-9(16)6-10(17)5-8)7-11-13(18)2-1-3-14(11)19/h1-6,12H,7H2. The summed E-state index contributed by atoms with van der Waals surface area (Å²) in [5.74, 6) is -2.82. The van der Waals surface area contributed by atoms with E-state index in [9.17, 15) is 17.6 Å². The topological polar surface area (TPSA) is 0 Å². The van der Waals surface area contributed by atoms with E-state index in [1.54, 1.807) is 0 Å². The lowest BCUT2D eigenvalue weighted by atomic mass is 10.0. The second-order valence-corrected chi connectivity index (χ2v) is 5.18. The van der Waals surface area contributed by atoms with Gasteiger partial charge in [0, 0.05) is 16.5 Å². The van der Waals surface area contributed by atoms with Gasteiger partial charge in [-0.2, -0.15) is 0 Å². The van der Waals surface area contributed by atoms with E-state index in [2.05, 4.69) is 15.9 Å². The highest BCUT2D eigenvalue weighted by Crippen LogP contribution is 2.30. The van der Waals surface area contributed by atoms with Crippen LogP contribution in [0.3, 0.4) is 0 Å². The van der Waals surface area contributed by atoms with Crippen molar-refractivity contribution in [3.8, 4) is 0 Å². The quantitative estimate of drug-likeness (QED) is 0.552. The van der Waals surface area contributed by atoms with Gasteiger partial charge >= 0.3 is 0 Å². The van der Waals surface area contributed by atoms with Gasteiger partial charge in [-0.15, -0.1) is 0 Å². The Morgan fingerprint density at radius 3 is 1.95 bits per heavy atom. The molecule has 2 aromatic carbocycles. The van der Waals surface area contributed by atoms with Gasteiger partial charge < -0.3 is 0 Å². The van der Waals surface area contributed by atoms with Crippen molar-refractivity contribution in [3.05, 3.63) is 70.8 Å². The van der Waals surface area contributed by atoms with E-state index < -0.39 is 28.1 Å². The van der Waals surface area contributed by atoms with Crippen LogP contribution in [0, 0.1) is 23.3 Å². The van der Waals surface area contributed by atoms with Crippen LogP contribution in [-0.2, 0) is 6.42 Å². The monoisotopic (exact) mass is 332 g/mol. The van der Waals surface area contributed by atoms with Crippen LogP contribution in [0.2, 0.25) is 0 Å². The summed E-state index contributed by atoms with van der Waals surface area (Å²) < 4.78 is 53.1. The summed E-state index contributed by atoms with van der Waals surface area (Å²) in [6, 6.07) is 6.54. The van der Waals surface area contributed by atoms with Crippen molar-refractivity contribution >= 4 is 15.9 Å². The second-order valence-electron chi connectivity index (χ2n) is 4.07. The van der Waals surface area contributed by atoms with Gasteiger partial charge in [0.05, 0.1) is 0 Å². The van der Waals surface area contributed by atoms with Crippen LogP contribution in [-0.4, -0.2) is 0 Å². The lowest BCUT2D eigenvalue weighted by molar-refractivity contribution is 0.552. The number of hydrogen-bond donors (Lipinski definition) is 0. The molecule has 5 heteroatoms. The van der Waals surface area contributed by atoms with E-state index in [1.807, 2.05) is 0 Å². The molecule has 100 valence electrons. The fourth-order valence-corrected chi connectivity index (χ4v) is 2.37. The minimum atomic E-state index is -0.728. The maximum absolute atomic E-state index is 13.5. The van der Waals surface area contributed by atoms with Crippen molar-refractivity contribution in [2.24, 2.45) is 0 Å². The van der Waals surface area contributed by atoms with Gasteiger partial charge in [-0.3, -0.25) is 0 Å². The van der Waals surface area contributed by atoms with Crippen LogP contribution in [0.1, 0.15) is 16.0 Å². The number of benzene rings is 2. The van der Waals surface area contributed by atoms with Crippen LogP contribution < -0.4 is 0 Å². The largest absolute Gasteiger partial charge is 0.207 e. The normalized spacial score (nSPS) is 12.5. The fraction of sp³-hybridized carbons (Fsp3) is 0.143. The summed E-state index contributed by atoms with van der Waals surface area (Å²) in [4.78, 5) is -0.580. The van der Waals surface area contributed by atoms with Gasteiger partial charge in [-0.05, 0) is 36.2 Å². The van der Waals surface area contributed by atoms with Crippen LogP contribution in [0.4, 0.5) is 17.6 Å². The average Bonchev–Trinajstić information content (AvgIpc) is 2.32. The Labute approximate surface area is 116 Å². The zero-order valence-corrected chi connectivity index (χ0v) is 11.2. The highest BCUT2D eigenvalue weighted by atomic mass is 79.9. The molecule has 0 radical (unpaired) electrons. The molecular weight excluding hydrogens is 324 g/mol. The molecule has 0 bridgehead atoms. The van der Waals surface area contributed by atoms with Crippen molar-refractivity contribution in [1.29, 1.82) is 0 Å². The first kappa shape index (κ1) is 14.1. The van der Waals surface area contributed by atoms with Gasteiger partial charge in [0.2, 0.25) is 0 Å². The molecule has 0 fully saturated rings. The zero-order chi connectivity index (χ0) is 14.0. The molecule has 0 aliphatic rings. The van der Waals surface area contributed by atoms with E-state index in [0.717, 1.165) is 30.3 Å². The molecular formula is C14H9BrF4. The van der Waals surface area contributed by atoms with E-state index >= 15 is 0 Å². The van der Waals surface area contributed by atoms with Gasteiger partial charge in [-0.1, -0.05) is 22.0 Å². The maximum Gasteiger partial charge on any atom is 0.129 e. The van der Waals surface area contributed by atoms with Crippen molar-refractivity contribution in [2.75, 3.05) is 0 Å². The molecule has 0 aliphatic heterocycles. The molecule has 0 spiro atoms. The smallest absolute Gasteiger partial charge is 0.129 e. The molecule has 2 rings (SSSR count). The zero-order valence-electron chi connectivity index (χ0n) is 9.64. The van der Waals surface area contributed by atoms with Crippen molar-refractivity contribution < 1.29 is 17.6 Å². The minimum Gasteiger partial charge on any atom is -0.207 e. The van der Waals surface area contributed by atoms with Crippen LogP contribution >= 0.6 is 15.9 Å². The van der Waals surface area contributed by atoms with Gasteiger partial charge in [0.15, 0.2) is 0 Å². The molecule has 0 heterocycles. The Kier molecular flexibility index (Phi) is 4.24. The first-order chi connectivity index (χ1) is 8.97. The van der Waals surface area contributed by atoms with Crippen molar-refractivity contribution in [2.45, 2.75) is 11.2 Å². The number of alkyl halides is 1. The average molecular weight is 333 g/mol. The highest BCUT2D eigenvalue weighted by Gasteiger charge is 2.16. The van der Waals surface area contributed by atoms with Crippen LogP contribution in [0.15, 0.2) is 36.4 Å². The van der Waals surface area contributed by atoms with E-state index in [-0.39, 0.29) is 12.0 Å². The van der Waals surface area contributed by atoms with Crippen molar-refractivity contribution in [3.63, 3.8) is 0 Å². The third-order valence-corrected chi connectivity index (χ3v) is 3.54. The lowest BCUT2D eigenvalue weighted by Gasteiger charge is -2.12. The molecule has 0 saturated heterocycles. The Balaban J connectivity index is 2.28. The number of hydrogen-bond acceptors (Lipinski definition) is 0. The molecule has 0 amide bonds. The second kappa shape index (κ2) is 5.74. The lowest BCUT2D eigenvalue weighted by Crippen LogP contribution is -2.02. The van der Waals surface area contributed by atoms with E-state index in [1.165, 1.54) is 6.07 Å². The molecule has 1 atom stereocenters. The molecule has 1 unspecified atom stereocenters. The van der Waals surface area contributed by atoms with Gasteiger partial charge in [0.25, 0.3) is 0 Å². The Morgan fingerprint density at radius 2 is 1.42 bits per heavy atom. The van der Waals surface area contributed by atoms with Gasteiger partial charge in [-0.25, -0.2) is 17.6 Å². The molecule has 0 nitrogen and oxygen atoms in total. The maximum atomic E-state index is 13.5. The SMILES string of the molecule is Fc1cc(F)cc(C(Br)Cc2c(F)cccc2F)c1. The summed E-state index contributed by atoms with van der Waals surface area (Å²) in [7, 11) is 0. The summed E-state index contributed by atoms with van der Waals surface area (Å²) in [6.45, 7) is 0. The molecule has 0 aromatic heterocycles. The van der Waals surface area contributed by atoms with Crippen LogP contribution in [0.25, 0.3) is 0 Å². The first-order valence-electron chi connectivity index (χ1n) is 5.50. The van der Waals surface area contributed by atoms with E-state index in [4.69, 9.17) is 0 Å². The highest BCUT2D eigenvalue weighted by molar-refractivity contribution is 9.09. The molecule has 19 heavy (non-hydrogen) atoms. The number of halogens is 5. The number of rotatable bonds is 3. The van der Waals surface area contributed by atoms with Crippen LogP contribution in [0.5, 0.6) is 0 Å². The molecule has 0 saturated carbocycles. The predicted octanol–water partition coefficient (Wildman–Crippen LogP) is 4.92. The summed E-state index contributed by atoms with van der Waals surface area (Å²) in [6.07, 6.45) is -0.0403. The Morgan fingerprint density at radius 1 is 0.895 bits per heavy atom. The van der Waals surface area contributed by atoms with Crippen molar-refractivity contribution in [1.82, 2.24) is 0 Å². The third kappa shape index (κ3) is 3.35. The summed E-state index contributed by atoms with van der Waals surface area (Å²) >= 11 is 3.19. The fourth-order valence-electron chi connectivity index (χ4n) is 1.78. The summed E-state index contributed by atoms with van der Waals surface area (Å²) in [5.41, 5.74) is 0.175. The third-order valence-electron chi connectivity index (χ3n) is 2.69. The molecule has 0 N–H and O–H groups in total. The minimum absolute atomic E-state index is 0.0403. The first-order valence-corrected chi connectivity index (χ1v) is 6.42. The molecule has 2 aromatic rings. The summed E-state index contributed by atoms with van der Waals surface area (Å²) in [5, 5.41) is 0. The van der Waals surface area contributed by atoms with Gasteiger partial charge in [0.1, 0.15) is 23.3 Å². The predicted molar refractivity (Wildman–Crippen MR) is 68.1 cm³/mol. The molecule has 0 aliphatic carbocycles. The van der Waals surface area contributed by atoms with E-state index in [0.29, 0.717) is 5.56 Å². The Hall–Kier alpha value is -1.36. The Bertz CT molecular complexity index is 557.